The lowest BCUT2D eigenvalue weighted by molar-refractivity contribution is -0.126. The van der Waals surface area contributed by atoms with Gasteiger partial charge < -0.3 is 9.30 Å². The molecule has 138 valence electrons. The van der Waals surface area contributed by atoms with Crippen LogP contribution in [0.3, 0.4) is 0 Å². The number of amides is 2. The van der Waals surface area contributed by atoms with Crippen molar-refractivity contribution in [3.8, 4) is 12.1 Å². The third kappa shape index (κ3) is 3.38. The maximum Gasteiger partial charge on any atom is 0.340 e. The Bertz CT molecular complexity index is 996. The van der Waals surface area contributed by atoms with Crippen molar-refractivity contribution in [3.63, 3.8) is 0 Å². The van der Waals surface area contributed by atoms with Gasteiger partial charge in [-0.2, -0.15) is 10.5 Å². The Morgan fingerprint density at radius 1 is 1.22 bits per heavy atom. The normalized spacial score (nSPS) is 15.4. The first-order chi connectivity index (χ1) is 12.8. The van der Waals surface area contributed by atoms with E-state index in [0.717, 1.165) is 0 Å². The van der Waals surface area contributed by atoms with Crippen LogP contribution in [0.25, 0.3) is 6.08 Å². The molecular formula is C19H18N4O4. The number of carbonyl (C=O) groups excluding carboxylic acids is 3. The van der Waals surface area contributed by atoms with E-state index in [4.69, 9.17) is 15.3 Å². The molecule has 1 N–H and O–H groups in total. The van der Waals surface area contributed by atoms with Crippen LogP contribution >= 0.6 is 0 Å². The molecule has 0 radical (unpaired) electrons. The molecule has 1 aromatic heterocycles. The minimum atomic E-state index is -0.746. The summed E-state index contributed by atoms with van der Waals surface area (Å²) in [5.41, 5.74) is 2.09. The predicted octanol–water partition coefficient (Wildman–Crippen LogP) is 1.69. The molecule has 8 heteroatoms. The number of aromatic nitrogens is 1. The second-order valence-corrected chi connectivity index (χ2v) is 5.89. The highest BCUT2D eigenvalue weighted by Crippen LogP contribution is 2.28. The zero-order chi connectivity index (χ0) is 20.3. The van der Waals surface area contributed by atoms with E-state index in [1.54, 1.807) is 31.4 Å². The average molecular weight is 366 g/mol. The molecule has 1 aromatic rings. The van der Waals surface area contributed by atoms with Crippen LogP contribution in [0.2, 0.25) is 0 Å². The zero-order valence-corrected chi connectivity index (χ0v) is 15.5. The molecule has 0 bridgehead atoms. The number of nitrogens with one attached hydrogen (secondary N) is 1. The monoisotopic (exact) mass is 366 g/mol. The van der Waals surface area contributed by atoms with Gasteiger partial charge in [0, 0.05) is 17.0 Å². The van der Waals surface area contributed by atoms with Gasteiger partial charge in [0.1, 0.15) is 18.2 Å². The Hall–Kier alpha value is -3.65. The van der Waals surface area contributed by atoms with Gasteiger partial charge in [-0.1, -0.05) is 0 Å². The van der Waals surface area contributed by atoms with Gasteiger partial charge in [-0.3, -0.25) is 14.9 Å². The lowest BCUT2D eigenvalue weighted by Gasteiger charge is -2.16. The van der Waals surface area contributed by atoms with Crippen LogP contribution in [-0.2, 0) is 20.9 Å². The topological polar surface area (TPSA) is 125 Å². The molecule has 2 rings (SSSR count). The minimum absolute atomic E-state index is 0.0421. The molecule has 1 aliphatic rings. The summed E-state index contributed by atoms with van der Waals surface area (Å²) in [6, 6.07) is 3.81. The third-order valence-corrected chi connectivity index (χ3v) is 4.40. The van der Waals surface area contributed by atoms with Crippen LogP contribution in [0.5, 0.6) is 0 Å². The van der Waals surface area contributed by atoms with Crippen molar-refractivity contribution in [2.75, 3.05) is 6.61 Å². The molecule has 0 fully saturated rings. The second kappa shape index (κ2) is 7.71. The summed E-state index contributed by atoms with van der Waals surface area (Å²) in [4.78, 5) is 36.3. The summed E-state index contributed by atoms with van der Waals surface area (Å²) in [7, 11) is 0. The Balaban J connectivity index is 2.75. The van der Waals surface area contributed by atoms with Crippen LogP contribution < -0.4 is 5.32 Å². The van der Waals surface area contributed by atoms with E-state index in [2.05, 4.69) is 5.32 Å². The molecule has 8 nitrogen and oxygen atoms in total. The summed E-state index contributed by atoms with van der Waals surface area (Å²) in [6.45, 7) is 6.74. The molecule has 0 saturated carbocycles. The van der Waals surface area contributed by atoms with Crippen molar-refractivity contribution >= 4 is 23.9 Å². The van der Waals surface area contributed by atoms with Crippen molar-refractivity contribution in [1.29, 1.82) is 10.5 Å². The number of rotatable bonds is 4. The quantitative estimate of drug-likeness (QED) is 0.491. The number of imide groups is 1. The number of nitriles is 2. The molecule has 2 amide bonds. The molecule has 0 aromatic carbocycles. The molecule has 0 unspecified atom stereocenters. The Morgan fingerprint density at radius 2 is 1.89 bits per heavy atom. The Kier molecular flexibility index (Phi) is 5.62. The fourth-order valence-corrected chi connectivity index (χ4v) is 3.04. The third-order valence-electron chi connectivity index (χ3n) is 4.40. The van der Waals surface area contributed by atoms with E-state index < -0.39 is 17.8 Å². The molecular weight excluding hydrogens is 348 g/mol. The van der Waals surface area contributed by atoms with Crippen LogP contribution in [0.4, 0.5) is 0 Å². The largest absolute Gasteiger partial charge is 0.462 e. The molecule has 0 saturated heterocycles. The van der Waals surface area contributed by atoms with E-state index in [9.17, 15) is 14.4 Å². The number of esters is 1. The van der Waals surface area contributed by atoms with Gasteiger partial charge in [-0.25, -0.2) is 4.79 Å². The van der Waals surface area contributed by atoms with Gasteiger partial charge in [0.15, 0.2) is 0 Å². The molecule has 2 heterocycles. The van der Waals surface area contributed by atoms with Gasteiger partial charge >= 0.3 is 5.97 Å². The first-order valence-electron chi connectivity index (χ1n) is 8.20. The van der Waals surface area contributed by atoms with E-state index in [1.165, 1.54) is 13.0 Å². The average Bonchev–Trinajstić information content (AvgIpc) is 2.83. The Morgan fingerprint density at radius 3 is 2.44 bits per heavy atom. The summed E-state index contributed by atoms with van der Waals surface area (Å²) < 4.78 is 6.68. The molecule has 0 atom stereocenters. The predicted molar refractivity (Wildman–Crippen MR) is 94.9 cm³/mol. The fraction of sp³-hybridized carbons (Fsp3) is 0.316. The fourth-order valence-electron chi connectivity index (χ4n) is 3.04. The smallest absolute Gasteiger partial charge is 0.340 e. The summed E-state index contributed by atoms with van der Waals surface area (Å²) in [6.07, 6.45) is 1.48. The first kappa shape index (κ1) is 19.7. The number of carbonyl (C=O) groups is 3. The van der Waals surface area contributed by atoms with Gasteiger partial charge in [-0.15, -0.1) is 0 Å². The minimum Gasteiger partial charge on any atom is -0.462 e. The van der Waals surface area contributed by atoms with E-state index in [-0.39, 0.29) is 29.9 Å². The van der Waals surface area contributed by atoms with Crippen molar-refractivity contribution in [1.82, 2.24) is 9.88 Å². The van der Waals surface area contributed by atoms with Gasteiger partial charge in [0.25, 0.3) is 11.8 Å². The van der Waals surface area contributed by atoms with Crippen molar-refractivity contribution in [3.05, 3.63) is 39.2 Å². The maximum atomic E-state index is 12.3. The van der Waals surface area contributed by atoms with Crippen LogP contribution in [0.1, 0.15) is 41.2 Å². The maximum absolute atomic E-state index is 12.3. The van der Waals surface area contributed by atoms with E-state index >= 15 is 0 Å². The second-order valence-electron chi connectivity index (χ2n) is 5.89. The number of hydrogen-bond acceptors (Lipinski definition) is 6. The van der Waals surface area contributed by atoms with Crippen molar-refractivity contribution in [2.45, 2.75) is 34.2 Å². The lowest BCUT2D eigenvalue weighted by Crippen LogP contribution is -2.37. The standard InChI is InChI=1S/C19H18N4O4/c1-5-27-19(26)16-11(3)15(23(7-6-20)12(16)4)8-13-10(2)14(9-21)18(25)22-17(13)24/h8H,5,7H2,1-4H3,(H,22,24,25)/b13-8+. The van der Waals surface area contributed by atoms with Crippen molar-refractivity contribution < 1.29 is 19.1 Å². The SMILES string of the molecule is CCOC(=O)c1c(C)c(/C=C2/C(=O)NC(=O)C(C#N)=C2C)n(CC#N)c1C. The van der Waals surface area contributed by atoms with Crippen LogP contribution in [0, 0.1) is 36.5 Å². The van der Waals surface area contributed by atoms with E-state index in [0.29, 0.717) is 22.5 Å². The summed E-state index contributed by atoms with van der Waals surface area (Å²) in [5, 5.41) is 20.4. The molecule has 0 aliphatic carbocycles. The molecule has 1 aliphatic heterocycles. The number of nitrogens with zero attached hydrogens (tertiary/aromatic N) is 3. The highest BCUT2D eigenvalue weighted by atomic mass is 16.5. The van der Waals surface area contributed by atoms with Gasteiger partial charge in [0.2, 0.25) is 0 Å². The molecule has 27 heavy (non-hydrogen) atoms. The van der Waals surface area contributed by atoms with E-state index in [1.807, 2.05) is 6.07 Å². The summed E-state index contributed by atoms with van der Waals surface area (Å²) in [5.74, 6) is -1.90. The van der Waals surface area contributed by atoms with Crippen molar-refractivity contribution in [2.24, 2.45) is 0 Å². The number of ether oxygens (including phenoxy) is 1. The van der Waals surface area contributed by atoms with Crippen LogP contribution in [0.15, 0.2) is 16.7 Å². The highest BCUT2D eigenvalue weighted by molar-refractivity contribution is 6.19. The zero-order valence-electron chi connectivity index (χ0n) is 15.5. The van der Waals surface area contributed by atoms with Crippen LogP contribution in [-0.4, -0.2) is 29.0 Å². The lowest BCUT2D eigenvalue weighted by atomic mass is 9.95. The Labute approximate surface area is 156 Å². The first-order valence-corrected chi connectivity index (χ1v) is 8.20. The highest BCUT2D eigenvalue weighted by Gasteiger charge is 2.29. The number of hydrogen-bond donors (Lipinski definition) is 1. The van der Waals surface area contributed by atoms with Gasteiger partial charge in [-0.05, 0) is 44.9 Å². The molecule has 0 spiro atoms. The summed E-state index contributed by atoms with van der Waals surface area (Å²) >= 11 is 0. The van der Waals surface area contributed by atoms with Gasteiger partial charge in [0.05, 0.1) is 18.2 Å².